The number of hydrogen-bond acceptors (Lipinski definition) is 4. The lowest BCUT2D eigenvalue weighted by Crippen LogP contribution is -2.05. The van der Waals surface area contributed by atoms with Crippen molar-refractivity contribution >= 4 is 6.29 Å². The molecule has 0 amide bonds. The first kappa shape index (κ1) is 9.70. The molecule has 0 radical (unpaired) electrons. The molecule has 0 aliphatic carbocycles. The first-order chi connectivity index (χ1) is 6.13. The van der Waals surface area contributed by atoms with Gasteiger partial charge in [-0.15, -0.1) is 5.10 Å². The van der Waals surface area contributed by atoms with Crippen molar-refractivity contribution in [3.05, 3.63) is 5.82 Å². The van der Waals surface area contributed by atoms with E-state index >= 15 is 0 Å². The summed E-state index contributed by atoms with van der Waals surface area (Å²) in [6.45, 7) is 4.62. The molecule has 0 spiro atoms. The molecule has 0 aliphatic rings. The predicted molar refractivity (Wildman–Crippen MR) is 46.7 cm³/mol. The molecule has 0 fully saturated rings. The van der Waals surface area contributed by atoms with Gasteiger partial charge in [0, 0.05) is 7.05 Å². The second-order valence-corrected chi connectivity index (χ2v) is 3.20. The molecule has 0 saturated heterocycles. The van der Waals surface area contributed by atoms with Crippen LogP contribution in [-0.2, 0) is 7.05 Å². The van der Waals surface area contributed by atoms with Gasteiger partial charge in [-0.1, -0.05) is 13.8 Å². The maximum atomic E-state index is 10.4. The average Bonchev–Trinajstić information content (AvgIpc) is 2.43. The van der Waals surface area contributed by atoms with Gasteiger partial charge in [0.1, 0.15) is 0 Å². The van der Waals surface area contributed by atoms with Gasteiger partial charge in [0.25, 0.3) is 0 Å². The molecule has 0 atom stereocenters. The molecular weight excluding hydrogens is 170 g/mol. The number of ether oxygens (including phenoxy) is 1. The molecule has 0 N–H and O–H groups in total. The Morgan fingerprint density at radius 3 is 2.77 bits per heavy atom. The lowest BCUT2D eigenvalue weighted by molar-refractivity contribution is 0.111. The van der Waals surface area contributed by atoms with Crippen molar-refractivity contribution in [3.8, 4) is 6.01 Å². The maximum Gasteiger partial charge on any atom is 0.336 e. The lowest BCUT2D eigenvalue weighted by atomic mass is 10.2. The number of aromatic nitrogens is 3. The molecule has 1 heterocycles. The van der Waals surface area contributed by atoms with Gasteiger partial charge >= 0.3 is 6.01 Å². The van der Waals surface area contributed by atoms with Crippen molar-refractivity contribution in [2.45, 2.75) is 13.8 Å². The zero-order valence-electron chi connectivity index (χ0n) is 8.02. The maximum absolute atomic E-state index is 10.4. The Kier molecular flexibility index (Phi) is 3.00. The van der Waals surface area contributed by atoms with Crippen LogP contribution in [0.3, 0.4) is 0 Å². The fourth-order valence-electron chi connectivity index (χ4n) is 0.777. The number of rotatable bonds is 4. The van der Waals surface area contributed by atoms with Crippen molar-refractivity contribution in [1.29, 1.82) is 0 Å². The standard InChI is InChI=1S/C8H13N3O2/c1-6(2)5-13-8-9-7(4-12)11(3)10-8/h4,6H,5H2,1-3H3. The first-order valence-electron chi connectivity index (χ1n) is 4.12. The van der Waals surface area contributed by atoms with Crippen molar-refractivity contribution in [2.24, 2.45) is 13.0 Å². The summed E-state index contributed by atoms with van der Waals surface area (Å²) < 4.78 is 6.62. The summed E-state index contributed by atoms with van der Waals surface area (Å²) in [6, 6.07) is 0.262. The van der Waals surface area contributed by atoms with E-state index in [9.17, 15) is 4.79 Å². The van der Waals surface area contributed by atoms with E-state index in [1.807, 2.05) is 13.8 Å². The summed E-state index contributed by atoms with van der Waals surface area (Å²) in [4.78, 5) is 14.3. The van der Waals surface area contributed by atoms with Crippen LogP contribution in [0, 0.1) is 5.92 Å². The van der Waals surface area contributed by atoms with Crippen LogP contribution in [0.1, 0.15) is 24.5 Å². The Morgan fingerprint density at radius 2 is 2.31 bits per heavy atom. The van der Waals surface area contributed by atoms with Crippen LogP contribution in [0.4, 0.5) is 0 Å². The molecule has 0 unspecified atom stereocenters. The number of aryl methyl sites for hydroxylation is 1. The average molecular weight is 183 g/mol. The minimum absolute atomic E-state index is 0.262. The van der Waals surface area contributed by atoms with E-state index in [0.717, 1.165) is 0 Å². The van der Waals surface area contributed by atoms with Crippen LogP contribution in [0.5, 0.6) is 6.01 Å². The van der Waals surface area contributed by atoms with Crippen LogP contribution in [-0.4, -0.2) is 27.7 Å². The highest BCUT2D eigenvalue weighted by Gasteiger charge is 2.06. The molecule has 0 saturated carbocycles. The normalized spacial score (nSPS) is 10.5. The summed E-state index contributed by atoms with van der Waals surface area (Å²) >= 11 is 0. The Morgan fingerprint density at radius 1 is 1.62 bits per heavy atom. The van der Waals surface area contributed by atoms with E-state index in [1.165, 1.54) is 4.68 Å². The summed E-state index contributed by atoms with van der Waals surface area (Å²) in [6.07, 6.45) is 0.648. The van der Waals surface area contributed by atoms with Crippen LogP contribution in [0.2, 0.25) is 0 Å². The quantitative estimate of drug-likeness (QED) is 0.643. The lowest BCUT2D eigenvalue weighted by Gasteiger charge is -2.02. The monoisotopic (exact) mass is 183 g/mol. The van der Waals surface area contributed by atoms with Crippen molar-refractivity contribution in [2.75, 3.05) is 6.61 Å². The Labute approximate surface area is 76.7 Å². The topological polar surface area (TPSA) is 57.0 Å². The molecule has 1 aromatic rings. The predicted octanol–water partition coefficient (Wildman–Crippen LogP) is 0.662. The number of nitrogens with zero attached hydrogens (tertiary/aromatic N) is 3. The Bertz CT molecular complexity index is 294. The molecule has 0 aromatic carbocycles. The van der Waals surface area contributed by atoms with E-state index in [2.05, 4.69) is 10.1 Å². The van der Waals surface area contributed by atoms with Gasteiger partial charge in [-0.2, -0.15) is 4.98 Å². The van der Waals surface area contributed by atoms with Crippen LogP contribution in [0.15, 0.2) is 0 Å². The van der Waals surface area contributed by atoms with Gasteiger partial charge in [0.15, 0.2) is 12.1 Å². The van der Waals surface area contributed by atoms with Crippen molar-refractivity contribution < 1.29 is 9.53 Å². The molecule has 5 nitrogen and oxygen atoms in total. The fourth-order valence-corrected chi connectivity index (χ4v) is 0.777. The molecular formula is C8H13N3O2. The SMILES string of the molecule is CC(C)COc1nc(C=O)n(C)n1. The fraction of sp³-hybridized carbons (Fsp3) is 0.625. The molecule has 72 valence electrons. The van der Waals surface area contributed by atoms with Crippen LogP contribution in [0.25, 0.3) is 0 Å². The second-order valence-electron chi connectivity index (χ2n) is 3.20. The highest BCUT2D eigenvalue weighted by molar-refractivity contribution is 5.68. The van der Waals surface area contributed by atoms with Crippen molar-refractivity contribution in [3.63, 3.8) is 0 Å². The third-order valence-corrected chi connectivity index (χ3v) is 1.43. The number of carbonyl (C=O) groups is 1. The molecule has 13 heavy (non-hydrogen) atoms. The van der Waals surface area contributed by atoms with Gasteiger partial charge in [-0.3, -0.25) is 4.79 Å². The van der Waals surface area contributed by atoms with Gasteiger partial charge in [0.05, 0.1) is 6.61 Å². The van der Waals surface area contributed by atoms with Gasteiger partial charge < -0.3 is 4.74 Å². The molecule has 1 aromatic heterocycles. The minimum Gasteiger partial charge on any atom is -0.462 e. The highest BCUT2D eigenvalue weighted by atomic mass is 16.5. The van der Waals surface area contributed by atoms with Crippen molar-refractivity contribution in [1.82, 2.24) is 14.8 Å². The minimum atomic E-state index is 0.262. The molecule has 5 heteroatoms. The highest BCUT2D eigenvalue weighted by Crippen LogP contribution is 2.04. The smallest absolute Gasteiger partial charge is 0.336 e. The zero-order chi connectivity index (χ0) is 9.84. The third kappa shape index (κ3) is 2.54. The van der Waals surface area contributed by atoms with E-state index in [0.29, 0.717) is 18.8 Å². The first-order valence-corrected chi connectivity index (χ1v) is 4.12. The van der Waals surface area contributed by atoms with E-state index in [-0.39, 0.29) is 11.8 Å². The largest absolute Gasteiger partial charge is 0.462 e. The number of hydrogen-bond donors (Lipinski definition) is 0. The molecule has 0 aliphatic heterocycles. The van der Waals surface area contributed by atoms with E-state index < -0.39 is 0 Å². The zero-order valence-corrected chi connectivity index (χ0v) is 8.02. The van der Waals surface area contributed by atoms with E-state index in [1.54, 1.807) is 7.05 Å². The summed E-state index contributed by atoms with van der Waals surface area (Å²) in [5.74, 6) is 0.697. The van der Waals surface area contributed by atoms with Gasteiger partial charge in [0.2, 0.25) is 0 Å². The van der Waals surface area contributed by atoms with Crippen LogP contribution < -0.4 is 4.74 Å². The Balaban J connectivity index is 2.63. The summed E-state index contributed by atoms with van der Waals surface area (Å²) in [7, 11) is 1.65. The van der Waals surface area contributed by atoms with Gasteiger partial charge in [-0.05, 0) is 5.92 Å². The van der Waals surface area contributed by atoms with Gasteiger partial charge in [-0.25, -0.2) is 4.68 Å². The number of carbonyl (C=O) groups excluding carboxylic acids is 1. The summed E-state index contributed by atoms with van der Waals surface area (Å²) in [5, 5.41) is 3.91. The van der Waals surface area contributed by atoms with Crippen LogP contribution >= 0.6 is 0 Å². The Hall–Kier alpha value is -1.39. The number of aldehydes is 1. The molecule has 1 rings (SSSR count). The third-order valence-electron chi connectivity index (χ3n) is 1.43. The summed E-state index contributed by atoms with van der Waals surface area (Å²) in [5.41, 5.74) is 0. The van der Waals surface area contributed by atoms with E-state index in [4.69, 9.17) is 4.74 Å². The second kappa shape index (κ2) is 4.02. The molecule has 0 bridgehead atoms.